The quantitative estimate of drug-likeness (QED) is 0.884. The molecule has 3 atom stereocenters. The number of halogens is 2. The van der Waals surface area contributed by atoms with E-state index in [0.29, 0.717) is 5.92 Å². The lowest BCUT2D eigenvalue weighted by atomic mass is 9.55. The van der Waals surface area contributed by atoms with Crippen molar-refractivity contribution in [2.24, 2.45) is 11.3 Å². The summed E-state index contributed by atoms with van der Waals surface area (Å²) in [7, 11) is 0. The van der Waals surface area contributed by atoms with Crippen molar-refractivity contribution < 1.29 is 13.5 Å². The minimum atomic E-state index is -0.532. The van der Waals surface area contributed by atoms with Gasteiger partial charge in [0.05, 0.1) is 6.10 Å². The highest BCUT2D eigenvalue weighted by atomic mass is 19.1. The maximum Gasteiger partial charge on any atom is 0.149 e. The Morgan fingerprint density at radius 2 is 1.95 bits per heavy atom. The van der Waals surface area contributed by atoms with Crippen LogP contribution >= 0.6 is 0 Å². The third-order valence-corrected chi connectivity index (χ3v) is 4.59. The molecule has 2 aliphatic rings. The predicted molar refractivity (Wildman–Crippen MR) is 70.0 cm³/mol. The van der Waals surface area contributed by atoms with Crippen LogP contribution in [0.4, 0.5) is 14.5 Å². The van der Waals surface area contributed by atoms with Gasteiger partial charge in [-0.15, -0.1) is 0 Å². The number of fused-ring (bicyclic) bond motifs is 1. The van der Waals surface area contributed by atoms with E-state index in [1.54, 1.807) is 0 Å². The second-order valence-corrected chi connectivity index (χ2v) is 6.14. The van der Waals surface area contributed by atoms with Crippen molar-refractivity contribution in [3.05, 3.63) is 29.8 Å². The highest BCUT2D eigenvalue weighted by Gasteiger charge is 2.58. The fourth-order valence-electron chi connectivity index (χ4n) is 3.61. The van der Waals surface area contributed by atoms with E-state index in [-0.39, 0.29) is 23.2 Å². The number of nitrogens with one attached hydrogen (secondary N) is 1. The van der Waals surface area contributed by atoms with Gasteiger partial charge in [0.1, 0.15) is 17.3 Å². The molecule has 0 bridgehead atoms. The Morgan fingerprint density at radius 3 is 2.63 bits per heavy atom. The molecule has 3 unspecified atom stereocenters. The molecule has 1 aliphatic heterocycles. The van der Waals surface area contributed by atoms with Crippen molar-refractivity contribution in [3.8, 4) is 0 Å². The van der Waals surface area contributed by atoms with Gasteiger partial charge in [0, 0.05) is 24.0 Å². The second kappa shape index (κ2) is 4.44. The molecule has 0 spiro atoms. The van der Waals surface area contributed by atoms with E-state index in [2.05, 4.69) is 19.2 Å². The maximum atomic E-state index is 13.7. The van der Waals surface area contributed by atoms with Crippen LogP contribution in [-0.4, -0.2) is 18.8 Å². The molecule has 104 valence electrons. The highest BCUT2D eigenvalue weighted by molar-refractivity contribution is 5.48. The predicted octanol–water partition coefficient (Wildman–Crippen LogP) is 3.58. The number of hydrogen-bond acceptors (Lipinski definition) is 2. The van der Waals surface area contributed by atoms with Gasteiger partial charge >= 0.3 is 0 Å². The van der Waals surface area contributed by atoms with Gasteiger partial charge in [-0.05, 0) is 25.0 Å². The molecular formula is C15H19F2NO. The van der Waals surface area contributed by atoms with Crippen LogP contribution in [0.25, 0.3) is 0 Å². The zero-order valence-corrected chi connectivity index (χ0v) is 11.2. The smallest absolute Gasteiger partial charge is 0.149 e. The summed E-state index contributed by atoms with van der Waals surface area (Å²) in [5.74, 6) is -0.713. The molecular weight excluding hydrogens is 248 g/mol. The van der Waals surface area contributed by atoms with Crippen LogP contribution in [0, 0.1) is 23.0 Å². The van der Waals surface area contributed by atoms with Crippen molar-refractivity contribution >= 4 is 5.69 Å². The van der Waals surface area contributed by atoms with Crippen LogP contribution in [-0.2, 0) is 4.74 Å². The van der Waals surface area contributed by atoms with Gasteiger partial charge in [0.25, 0.3) is 0 Å². The third-order valence-electron chi connectivity index (χ3n) is 4.59. The first-order chi connectivity index (χ1) is 9.01. The highest BCUT2D eigenvalue weighted by Crippen LogP contribution is 2.52. The van der Waals surface area contributed by atoms with E-state index < -0.39 is 11.6 Å². The summed E-state index contributed by atoms with van der Waals surface area (Å²) in [6.45, 7) is 4.98. The number of para-hydroxylation sites is 1. The minimum absolute atomic E-state index is 0.00963. The first-order valence-electron chi connectivity index (χ1n) is 6.84. The summed E-state index contributed by atoms with van der Waals surface area (Å²) in [6, 6.07) is 4.01. The van der Waals surface area contributed by atoms with Gasteiger partial charge in [0.15, 0.2) is 0 Å². The van der Waals surface area contributed by atoms with Crippen molar-refractivity contribution in [2.45, 2.75) is 38.8 Å². The van der Waals surface area contributed by atoms with Gasteiger partial charge < -0.3 is 10.1 Å². The standard InChI is InChI=1S/C15H19F2NO/c1-15(2)13(9-5-4-8-19-14(9)15)18-12-10(16)6-3-7-11(12)17/h3,6-7,9,13-14,18H,4-5,8H2,1-2H3. The van der Waals surface area contributed by atoms with Crippen molar-refractivity contribution in [2.75, 3.05) is 11.9 Å². The topological polar surface area (TPSA) is 21.3 Å². The van der Waals surface area contributed by atoms with E-state index in [0.717, 1.165) is 19.4 Å². The fourth-order valence-corrected chi connectivity index (χ4v) is 3.61. The molecule has 4 heteroatoms. The zero-order chi connectivity index (χ0) is 13.6. The second-order valence-electron chi connectivity index (χ2n) is 6.14. The lowest BCUT2D eigenvalue weighted by Gasteiger charge is -2.60. The van der Waals surface area contributed by atoms with E-state index in [1.165, 1.54) is 18.2 Å². The monoisotopic (exact) mass is 267 g/mol. The molecule has 1 N–H and O–H groups in total. The first-order valence-corrected chi connectivity index (χ1v) is 6.84. The van der Waals surface area contributed by atoms with Gasteiger partial charge in [-0.2, -0.15) is 0 Å². The molecule has 1 aromatic carbocycles. The van der Waals surface area contributed by atoms with E-state index in [1.807, 2.05) is 0 Å². The van der Waals surface area contributed by atoms with Crippen LogP contribution in [0.2, 0.25) is 0 Å². The lowest BCUT2D eigenvalue weighted by molar-refractivity contribution is -0.177. The van der Waals surface area contributed by atoms with Crippen LogP contribution in [0.3, 0.4) is 0 Å². The molecule has 0 aromatic heterocycles. The average molecular weight is 267 g/mol. The summed E-state index contributed by atoms with van der Waals surface area (Å²) < 4.78 is 33.2. The Hall–Kier alpha value is -1.16. The summed E-state index contributed by atoms with van der Waals surface area (Å²) in [5.41, 5.74) is -0.107. The number of rotatable bonds is 2. The Labute approximate surface area is 112 Å². The fraction of sp³-hybridized carbons (Fsp3) is 0.600. The summed E-state index contributed by atoms with van der Waals surface area (Å²) >= 11 is 0. The van der Waals surface area contributed by atoms with Crippen LogP contribution in [0.1, 0.15) is 26.7 Å². The number of anilines is 1. The molecule has 2 nitrogen and oxygen atoms in total. The molecule has 19 heavy (non-hydrogen) atoms. The van der Waals surface area contributed by atoms with Gasteiger partial charge in [0.2, 0.25) is 0 Å². The van der Waals surface area contributed by atoms with E-state index >= 15 is 0 Å². The zero-order valence-electron chi connectivity index (χ0n) is 11.2. The molecule has 1 aliphatic carbocycles. The molecule has 1 saturated heterocycles. The lowest BCUT2D eigenvalue weighted by Crippen LogP contribution is -2.67. The maximum absolute atomic E-state index is 13.7. The molecule has 1 aromatic rings. The Bertz CT molecular complexity index is 469. The average Bonchev–Trinajstić information content (AvgIpc) is 2.38. The molecule has 3 rings (SSSR count). The molecule has 2 fully saturated rings. The van der Waals surface area contributed by atoms with Crippen LogP contribution in [0.5, 0.6) is 0 Å². The summed E-state index contributed by atoms with van der Waals surface area (Å²) in [4.78, 5) is 0. The summed E-state index contributed by atoms with van der Waals surface area (Å²) in [5, 5.41) is 3.07. The van der Waals surface area contributed by atoms with Crippen LogP contribution in [0.15, 0.2) is 18.2 Å². The van der Waals surface area contributed by atoms with E-state index in [4.69, 9.17) is 4.74 Å². The van der Waals surface area contributed by atoms with Gasteiger partial charge in [-0.1, -0.05) is 19.9 Å². The van der Waals surface area contributed by atoms with Crippen molar-refractivity contribution in [3.63, 3.8) is 0 Å². The SMILES string of the molecule is CC1(C)C(Nc2c(F)cccc2F)C2CCCOC21. The van der Waals surface area contributed by atoms with Crippen LogP contribution < -0.4 is 5.32 Å². The Balaban J connectivity index is 1.83. The van der Waals surface area contributed by atoms with Crippen molar-refractivity contribution in [1.29, 1.82) is 0 Å². The first kappa shape index (κ1) is 12.9. The minimum Gasteiger partial charge on any atom is -0.377 e. The number of ether oxygens (including phenoxy) is 1. The van der Waals surface area contributed by atoms with E-state index in [9.17, 15) is 8.78 Å². The Morgan fingerprint density at radius 1 is 1.26 bits per heavy atom. The molecule has 0 amide bonds. The molecule has 1 heterocycles. The normalized spacial score (nSPS) is 32.3. The Kier molecular flexibility index (Phi) is 3.01. The summed E-state index contributed by atoms with van der Waals surface area (Å²) in [6.07, 6.45) is 2.28. The number of hydrogen-bond donors (Lipinski definition) is 1. The van der Waals surface area contributed by atoms with Gasteiger partial charge in [-0.25, -0.2) is 8.78 Å². The van der Waals surface area contributed by atoms with Crippen molar-refractivity contribution in [1.82, 2.24) is 0 Å². The third kappa shape index (κ3) is 1.93. The molecule has 1 saturated carbocycles. The number of benzene rings is 1. The largest absolute Gasteiger partial charge is 0.377 e. The molecule has 0 radical (unpaired) electrons. The van der Waals surface area contributed by atoms with Gasteiger partial charge in [-0.3, -0.25) is 0 Å².